The minimum atomic E-state index is -1.60. The van der Waals surface area contributed by atoms with Gasteiger partial charge in [-0.3, -0.25) is 14.3 Å². The third kappa shape index (κ3) is 4.09. The summed E-state index contributed by atoms with van der Waals surface area (Å²) in [6, 6.07) is 0.226. The van der Waals surface area contributed by atoms with Gasteiger partial charge in [0, 0.05) is 25.2 Å². The van der Waals surface area contributed by atoms with E-state index >= 15 is 0 Å². The molecule has 5 atom stereocenters. The number of fused-ring (bicyclic) bond motifs is 3. The van der Waals surface area contributed by atoms with E-state index in [-0.39, 0.29) is 32.1 Å². The lowest BCUT2D eigenvalue weighted by atomic mass is 9.93. The molecule has 2 saturated heterocycles. The van der Waals surface area contributed by atoms with E-state index in [9.17, 15) is 9.59 Å². The SMILES string of the molecule is [2H]C[C@]12O[C@@H](n3cc(C)c(=O)[nH]c3=O)[C@H](OC13CC3)[C@@H]2OP(OCC[N+]#[C-])N(C(C)C)C(C)C. The Morgan fingerprint density at radius 1 is 1.36 bits per heavy atom. The van der Waals surface area contributed by atoms with Gasteiger partial charge in [0.25, 0.3) is 14.1 Å². The van der Waals surface area contributed by atoms with Gasteiger partial charge in [0.1, 0.15) is 30.0 Å². The zero-order chi connectivity index (χ0) is 24.8. The van der Waals surface area contributed by atoms with Crippen molar-refractivity contribution in [2.45, 2.75) is 96.1 Å². The predicted octanol–water partition coefficient (Wildman–Crippen LogP) is 2.73. The molecule has 3 heterocycles. The van der Waals surface area contributed by atoms with Gasteiger partial charge in [0.2, 0.25) is 6.54 Å². The largest absolute Gasteiger partial charge is 0.361 e. The molecular formula is C22H33N4O6P. The fourth-order valence-corrected chi connectivity index (χ4v) is 6.57. The summed E-state index contributed by atoms with van der Waals surface area (Å²) in [5.74, 6) is 0. The monoisotopic (exact) mass is 481 g/mol. The van der Waals surface area contributed by atoms with Gasteiger partial charge in [-0.15, -0.1) is 0 Å². The van der Waals surface area contributed by atoms with E-state index in [2.05, 4.69) is 42.2 Å². The van der Waals surface area contributed by atoms with E-state index < -0.39 is 49.4 Å². The van der Waals surface area contributed by atoms with Crippen LogP contribution in [0, 0.1) is 13.5 Å². The molecular weight excluding hydrogens is 447 g/mol. The minimum Gasteiger partial charge on any atom is -0.361 e. The van der Waals surface area contributed by atoms with Gasteiger partial charge < -0.3 is 23.4 Å². The van der Waals surface area contributed by atoms with Crippen LogP contribution in [0.15, 0.2) is 15.8 Å². The van der Waals surface area contributed by atoms with Crippen molar-refractivity contribution in [1.82, 2.24) is 14.2 Å². The summed E-state index contributed by atoms with van der Waals surface area (Å²) in [6.07, 6.45) is 0.846. The lowest BCUT2D eigenvalue weighted by Gasteiger charge is -2.39. The highest BCUT2D eigenvalue weighted by Gasteiger charge is 2.77. The Hall–Kier alpha value is -1.60. The molecule has 0 aromatic carbocycles. The van der Waals surface area contributed by atoms with Crippen molar-refractivity contribution in [2.24, 2.45) is 0 Å². The molecule has 0 radical (unpaired) electrons. The molecule has 3 aliphatic rings. The highest BCUT2D eigenvalue weighted by Crippen LogP contribution is 2.66. The van der Waals surface area contributed by atoms with Gasteiger partial charge >= 0.3 is 5.69 Å². The number of hydrogen-bond acceptors (Lipinski definition) is 7. The molecule has 182 valence electrons. The average Bonchev–Trinajstić information content (AvgIpc) is 3.42. The summed E-state index contributed by atoms with van der Waals surface area (Å²) in [6.45, 7) is 17.3. The average molecular weight is 482 g/mol. The van der Waals surface area contributed by atoms with Crippen LogP contribution in [0.2, 0.25) is 0 Å². The summed E-state index contributed by atoms with van der Waals surface area (Å²) in [5.41, 5.74) is -2.34. The van der Waals surface area contributed by atoms with E-state index in [1.165, 1.54) is 10.8 Å². The van der Waals surface area contributed by atoms with Crippen molar-refractivity contribution < 1.29 is 19.9 Å². The zero-order valence-corrected chi connectivity index (χ0v) is 20.6. The molecule has 3 fully saturated rings. The first-order chi connectivity index (χ1) is 16.1. The van der Waals surface area contributed by atoms with Crippen molar-refractivity contribution in [1.29, 1.82) is 0 Å². The van der Waals surface area contributed by atoms with Crippen LogP contribution in [-0.2, 0) is 18.5 Å². The van der Waals surface area contributed by atoms with Gasteiger partial charge in [0.15, 0.2) is 6.23 Å². The second-order valence-electron chi connectivity index (χ2n) is 9.50. The Labute approximate surface area is 196 Å². The minimum absolute atomic E-state index is 0.101. The maximum atomic E-state index is 12.6. The van der Waals surface area contributed by atoms with Gasteiger partial charge in [-0.1, -0.05) is 0 Å². The molecule has 1 aliphatic carbocycles. The highest BCUT2D eigenvalue weighted by atomic mass is 31.2. The summed E-state index contributed by atoms with van der Waals surface area (Å²) in [4.78, 5) is 30.2. The molecule has 2 bridgehead atoms. The number of rotatable bonds is 9. The van der Waals surface area contributed by atoms with Crippen LogP contribution in [0.1, 0.15) is 60.6 Å². The van der Waals surface area contributed by atoms with Crippen LogP contribution < -0.4 is 11.2 Å². The van der Waals surface area contributed by atoms with E-state index in [1.54, 1.807) is 6.92 Å². The first-order valence-corrected chi connectivity index (χ1v) is 12.4. The van der Waals surface area contributed by atoms with Crippen molar-refractivity contribution >= 4 is 8.53 Å². The molecule has 1 spiro atoms. The Morgan fingerprint density at radius 3 is 2.64 bits per heavy atom. The van der Waals surface area contributed by atoms with E-state index in [0.717, 1.165) is 12.8 Å². The fourth-order valence-electron chi connectivity index (χ4n) is 4.79. The second kappa shape index (κ2) is 8.88. The smallest absolute Gasteiger partial charge is 0.330 e. The molecule has 11 heteroatoms. The molecule has 1 saturated carbocycles. The molecule has 4 rings (SSSR count). The van der Waals surface area contributed by atoms with Crippen LogP contribution >= 0.6 is 8.53 Å². The molecule has 0 amide bonds. The Bertz CT molecular complexity index is 1060. The molecule has 1 aromatic heterocycles. The summed E-state index contributed by atoms with van der Waals surface area (Å²) >= 11 is 0. The zero-order valence-electron chi connectivity index (χ0n) is 20.7. The number of nitrogens with one attached hydrogen (secondary N) is 1. The quantitative estimate of drug-likeness (QED) is 0.329. The first kappa shape index (κ1) is 23.2. The van der Waals surface area contributed by atoms with Gasteiger partial charge in [-0.2, -0.15) is 0 Å². The molecule has 1 unspecified atom stereocenters. The molecule has 33 heavy (non-hydrogen) atoms. The van der Waals surface area contributed by atoms with Crippen molar-refractivity contribution in [3.8, 4) is 0 Å². The molecule has 2 aliphatic heterocycles. The van der Waals surface area contributed by atoms with Crippen molar-refractivity contribution in [2.75, 3.05) is 13.2 Å². The van der Waals surface area contributed by atoms with Crippen LogP contribution in [-0.4, -0.2) is 62.9 Å². The third-order valence-corrected chi connectivity index (χ3v) is 8.59. The first-order valence-electron chi connectivity index (χ1n) is 12.0. The normalized spacial score (nSPS) is 30.9. The maximum absolute atomic E-state index is 12.6. The number of aromatic nitrogens is 2. The number of hydrogen-bond donors (Lipinski definition) is 1. The number of aromatic amines is 1. The second-order valence-corrected chi connectivity index (χ2v) is 10.9. The topological polar surface area (TPSA) is 99.4 Å². The number of nitrogens with zero attached hydrogens (tertiary/aromatic N) is 3. The van der Waals surface area contributed by atoms with Gasteiger partial charge in [0.05, 0.1) is 0 Å². The summed E-state index contributed by atoms with van der Waals surface area (Å²) < 4.78 is 37.6. The third-order valence-electron chi connectivity index (χ3n) is 6.48. The molecule has 1 N–H and O–H groups in total. The molecule has 1 aromatic rings. The van der Waals surface area contributed by atoms with E-state index in [0.29, 0.717) is 5.56 Å². The standard InChI is InChI=1S/C22H33N4O6P/c1-13(2)26(14(3)4)33(29-11-10-23-7)32-17-16-19(25-12-15(5)18(27)24-20(25)28)31-21(17,6)22(30-16)8-9-22/h12-14,16-17,19H,8-11H2,1-6H3,(H,24,27,28)/t16-,17+,19-,21-,33?/m1/s1/i6D. The van der Waals surface area contributed by atoms with Gasteiger partial charge in [-0.25, -0.2) is 16.0 Å². The van der Waals surface area contributed by atoms with Crippen LogP contribution in [0.5, 0.6) is 0 Å². The van der Waals surface area contributed by atoms with Crippen molar-refractivity contribution in [3.05, 3.63) is 44.0 Å². The molecule has 10 nitrogen and oxygen atoms in total. The van der Waals surface area contributed by atoms with Crippen molar-refractivity contribution in [3.63, 3.8) is 0 Å². The summed E-state index contributed by atoms with van der Waals surface area (Å²) in [7, 11) is -1.60. The lowest BCUT2D eigenvalue weighted by molar-refractivity contribution is -0.218. The Kier molecular flexibility index (Phi) is 6.23. The van der Waals surface area contributed by atoms with Gasteiger partial charge in [-0.05, 0) is 54.4 Å². The fraction of sp³-hybridized carbons (Fsp3) is 0.773. The number of H-pyrrole nitrogens is 1. The predicted molar refractivity (Wildman–Crippen MR) is 123 cm³/mol. The Morgan fingerprint density at radius 2 is 2.06 bits per heavy atom. The van der Waals surface area contributed by atoms with Crippen LogP contribution in [0.3, 0.4) is 0 Å². The maximum Gasteiger partial charge on any atom is 0.330 e. The van der Waals surface area contributed by atoms with E-state index in [1.807, 2.05) is 0 Å². The van der Waals surface area contributed by atoms with Crippen LogP contribution in [0.25, 0.3) is 4.85 Å². The highest BCUT2D eigenvalue weighted by molar-refractivity contribution is 7.44. The lowest BCUT2D eigenvalue weighted by Crippen LogP contribution is -2.48. The van der Waals surface area contributed by atoms with E-state index in [4.69, 9.17) is 26.5 Å². The number of ether oxygens (including phenoxy) is 2. The Balaban J connectivity index is 1.70. The number of aryl methyl sites for hydroxylation is 1. The van der Waals surface area contributed by atoms with Crippen LogP contribution in [0.4, 0.5) is 0 Å². The summed E-state index contributed by atoms with van der Waals surface area (Å²) in [5, 5.41) is 0.